The van der Waals surface area contributed by atoms with Crippen LogP contribution < -0.4 is 0 Å². The number of hydrogen-bond donors (Lipinski definition) is 0. The summed E-state index contributed by atoms with van der Waals surface area (Å²) in [5.41, 5.74) is 0. The van der Waals surface area contributed by atoms with Gasteiger partial charge in [-0.25, -0.2) is 0 Å². The van der Waals surface area contributed by atoms with Crippen molar-refractivity contribution in [2.24, 2.45) is 4.76 Å². The maximum Gasteiger partial charge on any atom is -0.147 e. The van der Waals surface area contributed by atoms with Gasteiger partial charge in [0.15, 0.2) is 0 Å². The molecule has 30 heavy (non-hydrogen) atoms. The molecule has 0 radical (unpaired) electrons. The summed E-state index contributed by atoms with van der Waals surface area (Å²) in [5, 5.41) is 0. The first-order valence-electron chi connectivity index (χ1n) is 13.8. The van der Waals surface area contributed by atoms with Gasteiger partial charge in [-0.1, -0.05) is 0 Å². The van der Waals surface area contributed by atoms with Crippen LogP contribution >= 0.6 is 19.8 Å². The predicted molar refractivity (Wildman–Crippen MR) is 149 cm³/mol. The van der Waals surface area contributed by atoms with Gasteiger partial charge in [0.1, 0.15) is 0 Å². The van der Waals surface area contributed by atoms with Crippen LogP contribution in [0, 0.1) is 0 Å². The number of nitrogens with zero attached hydrogens (tertiary/aromatic N) is 1. The van der Waals surface area contributed by atoms with Crippen LogP contribution in [-0.2, 0) is 0 Å². The molecule has 0 heterocycles. The minimum absolute atomic E-state index is 0. The fraction of sp³-hybridized carbons (Fsp3) is 0.963. The van der Waals surface area contributed by atoms with Crippen LogP contribution in [-0.4, -0.2) is 24.7 Å². The van der Waals surface area contributed by atoms with Crippen LogP contribution in [0.5, 0.6) is 0 Å². The third kappa shape index (κ3) is 20.3. The van der Waals surface area contributed by atoms with E-state index in [0.29, 0.717) is 0 Å². The first kappa shape index (κ1) is 32.6. The standard InChI is InChI=1S/C27H58NP.ClH/c1-5-9-12-15-18-21-25-29(28-24-8-4,26-22-19-16-13-10-6-2)27-23-20-17-14-11-7-3;/h24,29H,5-23,25-27H2,1-4H3;1H. The maximum absolute atomic E-state index is 5.39. The molecule has 0 atom stereocenters. The van der Waals surface area contributed by atoms with Crippen molar-refractivity contribution < 1.29 is 0 Å². The van der Waals surface area contributed by atoms with Crippen LogP contribution in [0.3, 0.4) is 0 Å². The Kier molecular flexibility index (Phi) is 27.8. The van der Waals surface area contributed by atoms with Crippen LogP contribution in [0.2, 0.25) is 0 Å². The van der Waals surface area contributed by atoms with Crippen molar-refractivity contribution in [3.8, 4) is 0 Å². The van der Waals surface area contributed by atoms with Gasteiger partial charge in [0.05, 0.1) is 0 Å². The van der Waals surface area contributed by atoms with Gasteiger partial charge in [0.2, 0.25) is 0 Å². The Hall–Kier alpha value is 0.390. The summed E-state index contributed by atoms with van der Waals surface area (Å²) in [6.45, 7) is 9.22. The summed E-state index contributed by atoms with van der Waals surface area (Å²) in [4.78, 5) is 0. The number of rotatable bonds is 23. The summed E-state index contributed by atoms with van der Waals surface area (Å²) in [6.07, 6.45) is 33.5. The Bertz CT molecular complexity index is 305. The molecule has 0 spiro atoms. The molecule has 0 saturated carbocycles. The van der Waals surface area contributed by atoms with Crippen molar-refractivity contribution in [2.45, 2.75) is 150 Å². The normalized spacial score (nSPS) is 12.4. The second-order valence-corrected chi connectivity index (χ2v) is 13.7. The Labute approximate surface area is 198 Å². The average molecular weight is 464 g/mol. The summed E-state index contributed by atoms with van der Waals surface area (Å²) in [6, 6.07) is 0. The fourth-order valence-electron chi connectivity index (χ4n) is 4.56. The zero-order valence-corrected chi connectivity index (χ0v) is 23.3. The molecule has 0 saturated heterocycles. The second kappa shape index (κ2) is 25.6. The Morgan fingerprint density at radius 1 is 0.467 bits per heavy atom. The van der Waals surface area contributed by atoms with Gasteiger partial charge in [-0.05, 0) is 0 Å². The first-order chi connectivity index (χ1) is 14.2. The molecule has 184 valence electrons. The van der Waals surface area contributed by atoms with Gasteiger partial charge in [-0.15, -0.1) is 12.4 Å². The summed E-state index contributed by atoms with van der Waals surface area (Å²) in [5.74, 6) is 0. The molecule has 0 aliphatic heterocycles. The zero-order chi connectivity index (χ0) is 21.5. The van der Waals surface area contributed by atoms with Crippen LogP contribution in [0.4, 0.5) is 0 Å². The molecule has 1 nitrogen and oxygen atoms in total. The molecule has 0 aromatic heterocycles. The molecule has 0 amide bonds. The van der Waals surface area contributed by atoms with Crippen molar-refractivity contribution in [3.63, 3.8) is 0 Å². The van der Waals surface area contributed by atoms with E-state index in [1.807, 2.05) is 0 Å². The largest absolute Gasteiger partial charge is 0.147 e. The first-order valence-corrected chi connectivity index (χ1v) is 16.3. The molecule has 0 aromatic rings. The molecule has 0 bridgehead atoms. The molecule has 0 unspecified atom stereocenters. The van der Waals surface area contributed by atoms with E-state index in [2.05, 4.69) is 33.9 Å². The second-order valence-electron chi connectivity index (χ2n) is 9.50. The van der Waals surface area contributed by atoms with E-state index in [4.69, 9.17) is 4.76 Å². The minimum Gasteiger partial charge on any atom is -0.147 e. The van der Waals surface area contributed by atoms with E-state index in [9.17, 15) is 0 Å². The quantitative estimate of drug-likeness (QED) is 0.0810. The van der Waals surface area contributed by atoms with E-state index >= 15 is 0 Å². The monoisotopic (exact) mass is 463 g/mol. The summed E-state index contributed by atoms with van der Waals surface area (Å²) < 4.78 is 5.39. The molecule has 3 heteroatoms. The summed E-state index contributed by atoms with van der Waals surface area (Å²) in [7, 11) is -1.45. The van der Waals surface area contributed by atoms with E-state index in [0.717, 1.165) is 6.42 Å². The third-order valence-electron chi connectivity index (χ3n) is 6.53. The van der Waals surface area contributed by atoms with Crippen molar-refractivity contribution >= 4 is 26.0 Å². The van der Waals surface area contributed by atoms with E-state index in [1.165, 1.54) is 134 Å². The molecule has 0 rings (SSSR count). The Morgan fingerprint density at radius 2 is 0.767 bits per heavy atom. The van der Waals surface area contributed by atoms with Crippen molar-refractivity contribution in [1.29, 1.82) is 0 Å². The molecule has 0 aliphatic rings. The predicted octanol–water partition coefficient (Wildman–Crippen LogP) is 10.6. The minimum atomic E-state index is -1.45. The summed E-state index contributed by atoms with van der Waals surface area (Å²) >= 11 is 0. The molecule has 0 aromatic carbocycles. The van der Waals surface area contributed by atoms with Gasteiger partial charge in [-0.2, -0.15) is 0 Å². The number of hydrogen-bond acceptors (Lipinski definition) is 1. The topological polar surface area (TPSA) is 12.4 Å². The van der Waals surface area contributed by atoms with Crippen LogP contribution in [0.1, 0.15) is 150 Å². The van der Waals surface area contributed by atoms with Crippen LogP contribution in [0.15, 0.2) is 4.76 Å². The van der Waals surface area contributed by atoms with Crippen molar-refractivity contribution in [1.82, 2.24) is 0 Å². The SMILES string of the molecule is CCC=N[PH](CCCCCCCC)(CCCCCCCC)CCCCCCCC.Cl. The fourth-order valence-corrected chi connectivity index (χ4v) is 8.99. The molecular weight excluding hydrogens is 405 g/mol. The molecule has 0 fully saturated rings. The molecule has 0 aliphatic carbocycles. The van der Waals surface area contributed by atoms with Gasteiger partial charge >= 0.3 is 187 Å². The average Bonchev–Trinajstić information content (AvgIpc) is 2.74. The van der Waals surface area contributed by atoms with E-state index in [-0.39, 0.29) is 12.4 Å². The smallest absolute Gasteiger partial charge is 0.147 e. The van der Waals surface area contributed by atoms with Crippen molar-refractivity contribution in [2.75, 3.05) is 18.5 Å². The molecule has 0 N–H and O–H groups in total. The zero-order valence-electron chi connectivity index (χ0n) is 21.5. The Balaban J connectivity index is 0. The van der Waals surface area contributed by atoms with Gasteiger partial charge in [0.25, 0.3) is 0 Å². The van der Waals surface area contributed by atoms with E-state index < -0.39 is 7.41 Å². The number of unbranched alkanes of at least 4 members (excludes halogenated alkanes) is 15. The Morgan fingerprint density at radius 3 is 1.07 bits per heavy atom. The van der Waals surface area contributed by atoms with Crippen molar-refractivity contribution in [3.05, 3.63) is 0 Å². The van der Waals surface area contributed by atoms with Gasteiger partial charge in [-0.3, -0.25) is 0 Å². The van der Waals surface area contributed by atoms with Crippen LogP contribution in [0.25, 0.3) is 0 Å². The van der Waals surface area contributed by atoms with Gasteiger partial charge < -0.3 is 0 Å². The maximum atomic E-state index is 5.39. The van der Waals surface area contributed by atoms with E-state index in [1.54, 1.807) is 0 Å². The third-order valence-corrected chi connectivity index (χ3v) is 11.1. The number of halogens is 1. The van der Waals surface area contributed by atoms with Gasteiger partial charge in [0, 0.05) is 0 Å². The molecular formula is C27H59ClNP.